The van der Waals surface area contributed by atoms with Crippen molar-refractivity contribution in [2.45, 2.75) is 31.7 Å². The average molecular weight is 191 g/mol. The van der Waals surface area contributed by atoms with E-state index in [4.69, 9.17) is 5.11 Å². The fraction of sp³-hybridized carbons (Fsp3) is 0.875. The van der Waals surface area contributed by atoms with Crippen molar-refractivity contribution in [2.24, 2.45) is 0 Å². The maximum atomic E-state index is 12.4. The third-order valence-electron chi connectivity index (χ3n) is 2.05. The highest BCUT2D eigenvalue weighted by molar-refractivity contribution is 5.70. The van der Waals surface area contributed by atoms with Crippen LogP contribution in [0.4, 0.5) is 4.39 Å². The van der Waals surface area contributed by atoms with E-state index in [0.717, 1.165) is 25.8 Å². The predicted octanol–water partition coefficient (Wildman–Crippen LogP) is 0.525. The predicted molar refractivity (Wildman–Crippen MR) is 44.1 cm³/mol. The lowest BCUT2D eigenvalue weighted by Gasteiger charge is -2.23. The number of ether oxygens (including phenoxy) is 1. The van der Waals surface area contributed by atoms with Crippen molar-refractivity contribution in [2.75, 3.05) is 13.2 Å². The number of aliphatic carboxylic acids is 1. The highest BCUT2D eigenvalue weighted by Gasteiger charge is 2.19. The average Bonchev–Trinajstić information content (AvgIpc) is 2.15. The van der Waals surface area contributed by atoms with Gasteiger partial charge in [-0.25, -0.2) is 9.18 Å². The minimum atomic E-state index is -2.19. The van der Waals surface area contributed by atoms with Gasteiger partial charge in [0, 0.05) is 6.04 Å². The molecule has 1 aliphatic heterocycles. The van der Waals surface area contributed by atoms with Crippen molar-refractivity contribution in [3.63, 3.8) is 0 Å². The Morgan fingerprint density at radius 2 is 2.46 bits per heavy atom. The SMILES string of the molecule is O=C(O)C(F)OCC1CCCCN1. The number of carboxylic acids is 1. The molecule has 0 aliphatic carbocycles. The van der Waals surface area contributed by atoms with Gasteiger partial charge in [-0.05, 0) is 19.4 Å². The quantitative estimate of drug-likeness (QED) is 0.680. The molecule has 1 rings (SSSR count). The van der Waals surface area contributed by atoms with Crippen LogP contribution >= 0.6 is 0 Å². The summed E-state index contributed by atoms with van der Waals surface area (Å²) in [6.07, 6.45) is 0.940. The van der Waals surface area contributed by atoms with Gasteiger partial charge in [0.05, 0.1) is 6.61 Å². The summed E-state index contributed by atoms with van der Waals surface area (Å²) >= 11 is 0. The Labute approximate surface area is 76.1 Å². The van der Waals surface area contributed by atoms with Crippen molar-refractivity contribution >= 4 is 5.97 Å². The largest absolute Gasteiger partial charge is 0.477 e. The van der Waals surface area contributed by atoms with Crippen LogP contribution in [-0.2, 0) is 9.53 Å². The van der Waals surface area contributed by atoms with Crippen molar-refractivity contribution in [1.82, 2.24) is 5.32 Å². The summed E-state index contributed by atoms with van der Waals surface area (Å²) in [5, 5.41) is 11.3. The van der Waals surface area contributed by atoms with E-state index >= 15 is 0 Å². The fourth-order valence-corrected chi connectivity index (χ4v) is 1.34. The molecule has 1 aliphatic rings. The molecule has 0 aromatic heterocycles. The molecule has 1 saturated heterocycles. The zero-order valence-electron chi connectivity index (χ0n) is 7.33. The summed E-state index contributed by atoms with van der Waals surface area (Å²) < 4.78 is 16.9. The summed E-state index contributed by atoms with van der Waals surface area (Å²) in [7, 11) is 0. The zero-order valence-corrected chi connectivity index (χ0v) is 7.33. The molecule has 0 spiro atoms. The van der Waals surface area contributed by atoms with Gasteiger partial charge in [0.15, 0.2) is 0 Å². The maximum absolute atomic E-state index is 12.4. The Hall–Kier alpha value is -0.680. The van der Waals surface area contributed by atoms with E-state index in [1.54, 1.807) is 0 Å². The lowest BCUT2D eigenvalue weighted by Crippen LogP contribution is -2.39. The molecule has 0 radical (unpaired) electrons. The molecule has 2 atom stereocenters. The molecule has 13 heavy (non-hydrogen) atoms. The zero-order chi connectivity index (χ0) is 9.68. The van der Waals surface area contributed by atoms with E-state index in [0.29, 0.717) is 0 Å². The first kappa shape index (κ1) is 10.4. The van der Waals surface area contributed by atoms with Crippen molar-refractivity contribution in [1.29, 1.82) is 0 Å². The molecule has 0 saturated carbocycles. The minimum Gasteiger partial charge on any atom is -0.477 e. The van der Waals surface area contributed by atoms with Crippen LogP contribution in [0.25, 0.3) is 0 Å². The number of piperidine rings is 1. The summed E-state index contributed by atoms with van der Waals surface area (Å²) in [4.78, 5) is 10.1. The number of alkyl halides is 1. The van der Waals surface area contributed by atoms with Gasteiger partial charge in [0.1, 0.15) is 0 Å². The third kappa shape index (κ3) is 3.69. The first-order chi connectivity index (χ1) is 6.20. The van der Waals surface area contributed by atoms with Crippen LogP contribution in [0.2, 0.25) is 0 Å². The molecule has 0 bridgehead atoms. The van der Waals surface area contributed by atoms with Gasteiger partial charge in [0.2, 0.25) is 0 Å². The summed E-state index contributed by atoms with van der Waals surface area (Å²) in [5.41, 5.74) is 0. The van der Waals surface area contributed by atoms with Crippen LogP contribution in [0.3, 0.4) is 0 Å². The number of carboxylic acid groups (broad SMARTS) is 1. The van der Waals surface area contributed by atoms with Crippen LogP contribution in [0.1, 0.15) is 19.3 Å². The van der Waals surface area contributed by atoms with Crippen LogP contribution in [0.15, 0.2) is 0 Å². The van der Waals surface area contributed by atoms with Crippen molar-refractivity contribution in [3.8, 4) is 0 Å². The van der Waals surface area contributed by atoms with Crippen LogP contribution in [-0.4, -0.2) is 36.6 Å². The number of hydrogen-bond acceptors (Lipinski definition) is 3. The molecular weight excluding hydrogens is 177 g/mol. The molecular formula is C8H14FNO3. The Morgan fingerprint density at radius 1 is 1.69 bits per heavy atom. The van der Waals surface area contributed by atoms with Crippen molar-refractivity contribution in [3.05, 3.63) is 0 Å². The Balaban J connectivity index is 2.13. The van der Waals surface area contributed by atoms with E-state index in [2.05, 4.69) is 10.1 Å². The van der Waals surface area contributed by atoms with Gasteiger partial charge >= 0.3 is 5.97 Å². The van der Waals surface area contributed by atoms with Gasteiger partial charge in [-0.2, -0.15) is 0 Å². The van der Waals surface area contributed by atoms with Gasteiger partial charge in [-0.1, -0.05) is 6.42 Å². The van der Waals surface area contributed by atoms with Gasteiger partial charge in [-0.3, -0.25) is 0 Å². The lowest BCUT2D eigenvalue weighted by atomic mass is 10.1. The minimum absolute atomic E-state index is 0.103. The molecule has 1 heterocycles. The molecule has 0 aromatic carbocycles. The topological polar surface area (TPSA) is 58.6 Å². The summed E-state index contributed by atoms with van der Waals surface area (Å²) in [5.74, 6) is -1.56. The number of carbonyl (C=O) groups is 1. The molecule has 76 valence electrons. The number of rotatable bonds is 4. The Bertz CT molecular complexity index is 171. The number of hydrogen-bond donors (Lipinski definition) is 2. The van der Waals surface area contributed by atoms with E-state index in [1.165, 1.54) is 0 Å². The van der Waals surface area contributed by atoms with Crippen LogP contribution < -0.4 is 5.32 Å². The monoisotopic (exact) mass is 191 g/mol. The van der Waals surface area contributed by atoms with Crippen LogP contribution in [0.5, 0.6) is 0 Å². The van der Waals surface area contributed by atoms with Gasteiger partial charge in [-0.15, -0.1) is 0 Å². The molecule has 2 unspecified atom stereocenters. The third-order valence-corrected chi connectivity index (χ3v) is 2.05. The van der Waals surface area contributed by atoms with Gasteiger partial charge < -0.3 is 15.2 Å². The second kappa shape index (κ2) is 5.14. The first-order valence-electron chi connectivity index (χ1n) is 4.42. The second-order valence-corrected chi connectivity index (χ2v) is 3.13. The normalized spacial score (nSPS) is 25.5. The molecule has 5 heteroatoms. The highest BCUT2D eigenvalue weighted by Crippen LogP contribution is 2.08. The summed E-state index contributed by atoms with van der Waals surface area (Å²) in [6.45, 7) is 1.03. The van der Waals surface area contributed by atoms with E-state index in [9.17, 15) is 9.18 Å². The highest BCUT2D eigenvalue weighted by atomic mass is 19.1. The number of halogens is 1. The van der Waals surface area contributed by atoms with E-state index in [1.807, 2.05) is 0 Å². The lowest BCUT2D eigenvalue weighted by molar-refractivity contribution is -0.163. The number of nitrogens with one attached hydrogen (secondary N) is 1. The standard InChI is InChI=1S/C8H14FNO3/c9-7(8(11)12)13-5-6-3-1-2-4-10-6/h6-7,10H,1-5H2,(H,11,12). The van der Waals surface area contributed by atoms with Gasteiger partial charge in [0.25, 0.3) is 6.36 Å². The van der Waals surface area contributed by atoms with Crippen LogP contribution in [0, 0.1) is 0 Å². The fourth-order valence-electron chi connectivity index (χ4n) is 1.34. The molecule has 0 amide bonds. The summed E-state index contributed by atoms with van der Waals surface area (Å²) in [6, 6.07) is 0.103. The molecule has 0 aromatic rings. The Morgan fingerprint density at radius 3 is 3.00 bits per heavy atom. The Kier molecular flexibility index (Phi) is 4.11. The smallest absolute Gasteiger partial charge is 0.366 e. The van der Waals surface area contributed by atoms with E-state index in [-0.39, 0.29) is 12.6 Å². The van der Waals surface area contributed by atoms with E-state index < -0.39 is 12.3 Å². The van der Waals surface area contributed by atoms with Crippen molar-refractivity contribution < 1.29 is 19.0 Å². The molecule has 2 N–H and O–H groups in total. The first-order valence-corrected chi connectivity index (χ1v) is 4.42. The second-order valence-electron chi connectivity index (χ2n) is 3.13. The molecule has 4 nitrogen and oxygen atoms in total. The maximum Gasteiger partial charge on any atom is 0.366 e. The molecule has 1 fully saturated rings.